The monoisotopic (exact) mass is 277 g/mol. The molecule has 0 radical (unpaired) electrons. The van der Waals surface area contributed by atoms with Crippen LogP contribution in [-0.4, -0.2) is 29.0 Å². The van der Waals surface area contributed by atoms with Gasteiger partial charge in [0.1, 0.15) is 18.0 Å². The van der Waals surface area contributed by atoms with E-state index in [0.29, 0.717) is 5.92 Å². The molecule has 0 amide bonds. The number of hydrogen-bond acceptors (Lipinski definition) is 6. The number of nitrogens with one attached hydrogen (secondary N) is 1. The lowest BCUT2D eigenvalue weighted by molar-refractivity contribution is 0.804. The van der Waals surface area contributed by atoms with Gasteiger partial charge in [-0.15, -0.1) is 11.3 Å². The highest BCUT2D eigenvalue weighted by molar-refractivity contribution is 7.07. The molecule has 0 fully saturated rings. The zero-order valence-electron chi connectivity index (χ0n) is 11.7. The summed E-state index contributed by atoms with van der Waals surface area (Å²) in [5, 5.41) is 5.20. The summed E-state index contributed by atoms with van der Waals surface area (Å²) in [4.78, 5) is 15.2. The van der Waals surface area contributed by atoms with Crippen LogP contribution in [0.2, 0.25) is 0 Å². The van der Waals surface area contributed by atoms with E-state index in [9.17, 15) is 0 Å². The third-order valence-corrected chi connectivity index (χ3v) is 3.56. The molecule has 0 spiro atoms. The highest BCUT2D eigenvalue weighted by atomic mass is 32.1. The number of nitrogens with zero attached hydrogens (tertiary/aromatic N) is 4. The van der Waals surface area contributed by atoms with Gasteiger partial charge >= 0.3 is 0 Å². The maximum Gasteiger partial charge on any atom is 0.137 e. The number of hydrogen-bond donors (Lipinski definition) is 1. The Hall–Kier alpha value is -1.69. The highest BCUT2D eigenvalue weighted by Gasteiger charge is 2.17. The van der Waals surface area contributed by atoms with Crippen LogP contribution in [0.3, 0.4) is 0 Å². The second-order valence-electron chi connectivity index (χ2n) is 4.70. The largest absolute Gasteiger partial charge is 0.373 e. The summed E-state index contributed by atoms with van der Waals surface area (Å²) in [6.45, 7) is 5.06. The number of thiazole rings is 1. The molecule has 0 saturated carbocycles. The zero-order valence-corrected chi connectivity index (χ0v) is 12.5. The van der Waals surface area contributed by atoms with Gasteiger partial charge in [0.15, 0.2) is 0 Å². The number of anilines is 2. The summed E-state index contributed by atoms with van der Waals surface area (Å²) >= 11 is 1.61. The van der Waals surface area contributed by atoms with Crippen molar-refractivity contribution < 1.29 is 0 Å². The van der Waals surface area contributed by atoms with Gasteiger partial charge in [0.2, 0.25) is 0 Å². The predicted molar refractivity (Wildman–Crippen MR) is 79.9 cm³/mol. The molecule has 19 heavy (non-hydrogen) atoms. The zero-order chi connectivity index (χ0) is 13.8. The SMILES string of the molecule is CNc1ncnc(N(C)Cc2cscn2)c1C(C)C. The molecule has 0 bridgehead atoms. The van der Waals surface area contributed by atoms with E-state index in [4.69, 9.17) is 0 Å². The second kappa shape index (κ2) is 5.97. The average Bonchev–Trinajstić information content (AvgIpc) is 2.90. The fourth-order valence-electron chi connectivity index (χ4n) is 2.05. The molecule has 0 aliphatic rings. The van der Waals surface area contributed by atoms with Crippen molar-refractivity contribution in [2.75, 3.05) is 24.3 Å². The number of aromatic nitrogens is 3. The minimum absolute atomic E-state index is 0.358. The predicted octanol–water partition coefficient (Wildman–Crippen LogP) is 2.73. The molecule has 0 aliphatic carbocycles. The standard InChI is InChI=1S/C13H19N5S/c1-9(2)11-12(14-3)15-7-16-13(11)18(4)5-10-6-19-8-17-10/h6-9H,5H2,1-4H3,(H,14,15,16). The third-order valence-electron chi connectivity index (χ3n) is 2.92. The number of rotatable bonds is 5. The molecular weight excluding hydrogens is 258 g/mol. The van der Waals surface area contributed by atoms with Crippen LogP contribution in [-0.2, 0) is 6.54 Å². The molecule has 2 aromatic rings. The van der Waals surface area contributed by atoms with Crippen LogP contribution in [0.25, 0.3) is 0 Å². The van der Waals surface area contributed by atoms with Crippen LogP contribution in [0.5, 0.6) is 0 Å². The van der Waals surface area contributed by atoms with Gasteiger partial charge in [0, 0.05) is 25.0 Å². The van der Waals surface area contributed by atoms with Crippen LogP contribution >= 0.6 is 11.3 Å². The van der Waals surface area contributed by atoms with E-state index in [0.717, 1.165) is 29.4 Å². The molecule has 2 heterocycles. The lowest BCUT2D eigenvalue weighted by Gasteiger charge is -2.23. The maximum atomic E-state index is 4.44. The van der Waals surface area contributed by atoms with E-state index >= 15 is 0 Å². The Bertz CT molecular complexity index is 524. The van der Waals surface area contributed by atoms with Gasteiger partial charge in [0.05, 0.1) is 17.7 Å². The fraction of sp³-hybridized carbons (Fsp3) is 0.462. The Balaban J connectivity index is 2.32. The van der Waals surface area contributed by atoms with E-state index < -0.39 is 0 Å². The van der Waals surface area contributed by atoms with Crippen molar-refractivity contribution >= 4 is 23.0 Å². The first-order valence-electron chi connectivity index (χ1n) is 6.24. The molecule has 1 N–H and O–H groups in total. The Labute approximate surface area is 117 Å². The first kappa shape index (κ1) is 13.7. The molecular formula is C13H19N5S. The van der Waals surface area contributed by atoms with E-state index in [1.165, 1.54) is 0 Å². The van der Waals surface area contributed by atoms with Gasteiger partial charge < -0.3 is 10.2 Å². The minimum atomic E-state index is 0.358. The van der Waals surface area contributed by atoms with Crippen molar-refractivity contribution in [1.82, 2.24) is 15.0 Å². The Morgan fingerprint density at radius 2 is 2.11 bits per heavy atom. The van der Waals surface area contributed by atoms with Crippen molar-refractivity contribution in [1.29, 1.82) is 0 Å². The quantitative estimate of drug-likeness (QED) is 0.910. The molecule has 5 nitrogen and oxygen atoms in total. The van der Waals surface area contributed by atoms with Crippen molar-refractivity contribution in [3.8, 4) is 0 Å². The molecule has 0 aromatic carbocycles. The highest BCUT2D eigenvalue weighted by Crippen LogP contribution is 2.30. The molecule has 2 aromatic heterocycles. The van der Waals surface area contributed by atoms with E-state index in [-0.39, 0.29) is 0 Å². The van der Waals surface area contributed by atoms with Crippen LogP contribution in [0, 0.1) is 0 Å². The summed E-state index contributed by atoms with van der Waals surface area (Å²) in [5.41, 5.74) is 4.06. The van der Waals surface area contributed by atoms with E-state index in [1.54, 1.807) is 17.7 Å². The first-order chi connectivity index (χ1) is 9.13. The van der Waals surface area contributed by atoms with Crippen LogP contribution in [0.15, 0.2) is 17.2 Å². The summed E-state index contributed by atoms with van der Waals surface area (Å²) in [6, 6.07) is 0. The van der Waals surface area contributed by atoms with E-state index in [1.807, 2.05) is 19.6 Å². The van der Waals surface area contributed by atoms with Crippen molar-refractivity contribution in [2.24, 2.45) is 0 Å². The van der Waals surface area contributed by atoms with Gasteiger partial charge in [-0.05, 0) is 5.92 Å². The molecule has 0 atom stereocenters. The van der Waals surface area contributed by atoms with Crippen molar-refractivity contribution in [2.45, 2.75) is 26.3 Å². The lowest BCUT2D eigenvalue weighted by Crippen LogP contribution is -2.21. The van der Waals surface area contributed by atoms with Gasteiger partial charge in [0.25, 0.3) is 0 Å². The normalized spacial score (nSPS) is 10.8. The summed E-state index contributed by atoms with van der Waals surface area (Å²) < 4.78 is 0. The smallest absolute Gasteiger partial charge is 0.137 e. The molecule has 0 unspecified atom stereocenters. The lowest BCUT2D eigenvalue weighted by atomic mass is 10.0. The third kappa shape index (κ3) is 3.01. The average molecular weight is 277 g/mol. The second-order valence-corrected chi connectivity index (χ2v) is 5.42. The van der Waals surface area contributed by atoms with Gasteiger partial charge in [-0.25, -0.2) is 15.0 Å². The Morgan fingerprint density at radius 3 is 2.68 bits per heavy atom. The van der Waals surface area contributed by atoms with Gasteiger partial charge in [-0.2, -0.15) is 0 Å². The first-order valence-corrected chi connectivity index (χ1v) is 7.18. The van der Waals surface area contributed by atoms with Crippen LogP contribution in [0.1, 0.15) is 31.0 Å². The molecule has 2 rings (SSSR count). The summed E-state index contributed by atoms with van der Waals surface area (Å²) in [6.07, 6.45) is 1.60. The molecule has 0 saturated heterocycles. The molecule has 0 aliphatic heterocycles. The minimum Gasteiger partial charge on any atom is -0.373 e. The summed E-state index contributed by atoms with van der Waals surface area (Å²) in [5.74, 6) is 2.21. The topological polar surface area (TPSA) is 53.9 Å². The molecule has 6 heteroatoms. The van der Waals surface area contributed by atoms with Crippen molar-refractivity contribution in [3.05, 3.63) is 28.5 Å². The van der Waals surface area contributed by atoms with Crippen LogP contribution < -0.4 is 10.2 Å². The van der Waals surface area contributed by atoms with Crippen molar-refractivity contribution in [3.63, 3.8) is 0 Å². The summed E-state index contributed by atoms with van der Waals surface area (Å²) in [7, 11) is 3.92. The Kier molecular flexibility index (Phi) is 4.31. The van der Waals surface area contributed by atoms with Gasteiger partial charge in [-0.3, -0.25) is 0 Å². The Morgan fingerprint density at radius 1 is 1.32 bits per heavy atom. The maximum absolute atomic E-state index is 4.44. The van der Waals surface area contributed by atoms with Gasteiger partial charge in [-0.1, -0.05) is 13.8 Å². The van der Waals surface area contributed by atoms with E-state index in [2.05, 4.69) is 44.4 Å². The molecule has 102 valence electrons. The van der Waals surface area contributed by atoms with Crippen LogP contribution in [0.4, 0.5) is 11.6 Å². The fourth-order valence-corrected chi connectivity index (χ4v) is 2.60.